The first-order valence-corrected chi connectivity index (χ1v) is 7.66. The van der Waals surface area contributed by atoms with E-state index >= 15 is 0 Å². The number of halogens is 1. The van der Waals surface area contributed by atoms with Gasteiger partial charge in [-0.1, -0.05) is 11.6 Å². The van der Waals surface area contributed by atoms with Gasteiger partial charge in [-0.3, -0.25) is 9.59 Å². The van der Waals surface area contributed by atoms with E-state index < -0.39 is 18.5 Å². The molecule has 1 aromatic heterocycles. The number of aromatic nitrogens is 2. The molecular weight excluding hydrogens is 366 g/mol. The van der Waals surface area contributed by atoms with Crippen molar-refractivity contribution >= 4 is 29.2 Å². The van der Waals surface area contributed by atoms with Crippen LogP contribution in [0.1, 0.15) is 10.5 Å². The number of hydrogen-bond acceptors (Lipinski definition) is 7. The fourth-order valence-corrected chi connectivity index (χ4v) is 2.20. The van der Waals surface area contributed by atoms with Crippen LogP contribution in [0.15, 0.2) is 29.1 Å². The number of methoxy groups -OCH3 is 2. The van der Waals surface area contributed by atoms with Crippen molar-refractivity contribution in [3.8, 4) is 11.5 Å². The van der Waals surface area contributed by atoms with Gasteiger partial charge in [0.15, 0.2) is 12.3 Å². The summed E-state index contributed by atoms with van der Waals surface area (Å²) in [6, 6.07) is 5.36. The largest absolute Gasteiger partial charge is 0.495 e. The predicted octanol–water partition coefficient (Wildman–Crippen LogP) is 1.25. The Labute approximate surface area is 153 Å². The summed E-state index contributed by atoms with van der Waals surface area (Å²) in [4.78, 5) is 35.1. The van der Waals surface area contributed by atoms with Gasteiger partial charge in [0.1, 0.15) is 11.5 Å². The molecule has 2 aromatic rings. The average molecular weight is 382 g/mol. The van der Waals surface area contributed by atoms with Crippen molar-refractivity contribution in [2.45, 2.75) is 0 Å². The third kappa shape index (κ3) is 4.51. The molecule has 0 radical (unpaired) electrons. The molecule has 1 heterocycles. The SMILES string of the molecule is COc1cc(OC)c(NC(=O)COC(=O)c2ccc(=O)n(C)n2)cc1Cl. The lowest BCUT2D eigenvalue weighted by atomic mass is 10.2. The Morgan fingerprint density at radius 3 is 2.50 bits per heavy atom. The molecule has 0 unspecified atom stereocenters. The fourth-order valence-electron chi connectivity index (χ4n) is 1.96. The van der Waals surface area contributed by atoms with E-state index in [1.165, 1.54) is 45.5 Å². The number of benzene rings is 1. The van der Waals surface area contributed by atoms with Crippen LogP contribution in [0.5, 0.6) is 11.5 Å². The topological polar surface area (TPSA) is 109 Å². The number of ether oxygens (including phenoxy) is 3. The highest BCUT2D eigenvalue weighted by atomic mass is 35.5. The Hall–Kier alpha value is -3.07. The quantitative estimate of drug-likeness (QED) is 0.750. The second-order valence-electron chi connectivity index (χ2n) is 4.99. The summed E-state index contributed by atoms with van der Waals surface area (Å²) in [6.07, 6.45) is 0. The first-order valence-electron chi connectivity index (χ1n) is 7.28. The summed E-state index contributed by atoms with van der Waals surface area (Å²) < 4.78 is 16.1. The summed E-state index contributed by atoms with van der Waals surface area (Å²) in [5.41, 5.74) is -0.174. The number of nitrogens with zero attached hydrogens (tertiary/aromatic N) is 2. The van der Waals surface area contributed by atoms with Crippen LogP contribution in [0, 0.1) is 0 Å². The molecule has 1 N–H and O–H groups in total. The molecule has 2 rings (SSSR count). The Balaban J connectivity index is 2.02. The minimum atomic E-state index is -0.838. The molecule has 10 heteroatoms. The molecule has 26 heavy (non-hydrogen) atoms. The smallest absolute Gasteiger partial charge is 0.359 e. The van der Waals surface area contributed by atoms with E-state index in [-0.39, 0.29) is 16.3 Å². The molecule has 1 aromatic carbocycles. The van der Waals surface area contributed by atoms with Crippen LogP contribution in [-0.4, -0.2) is 42.5 Å². The van der Waals surface area contributed by atoms with Gasteiger partial charge in [0.2, 0.25) is 0 Å². The molecule has 138 valence electrons. The highest BCUT2D eigenvalue weighted by molar-refractivity contribution is 6.32. The molecule has 0 spiro atoms. The van der Waals surface area contributed by atoms with Crippen LogP contribution in [0.2, 0.25) is 5.02 Å². The lowest BCUT2D eigenvalue weighted by Gasteiger charge is -2.13. The molecule has 0 aliphatic heterocycles. The average Bonchev–Trinajstić information content (AvgIpc) is 2.62. The number of carbonyl (C=O) groups is 2. The van der Waals surface area contributed by atoms with Gasteiger partial charge in [0, 0.05) is 19.2 Å². The van der Waals surface area contributed by atoms with Gasteiger partial charge in [-0.15, -0.1) is 0 Å². The second-order valence-corrected chi connectivity index (χ2v) is 5.40. The monoisotopic (exact) mass is 381 g/mol. The first kappa shape index (κ1) is 19.3. The zero-order valence-electron chi connectivity index (χ0n) is 14.2. The summed E-state index contributed by atoms with van der Waals surface area (Å²) in [5.74, 6) is -0.738. The predicted molar refractivity (Wildman–Crippen MR) is 92.9 cm³/mol. The number of amides is 1. The van der Waals surface area contributed by atoms with E-state index in [9.17, 15) is 14.4 Å². The van der Waals surface area contributed by atoms with Crippen LogP contribution in [0.3, 0.4) is 0 Å². The second kappa shape index (κ2) is 8.34. The molecule has 0 bridgehead atoms. The third-order valence-corrected chi connectivity index (χ3v) is 3.55. The van der Waals surface area contributed by atoms with Gasteiger partial charge in [-0.2, -0.15) is 5.10 Å². The van der Waals surface area contributed by atoms with E-state index in [0.29, 0.717) is 17.2 Å². The van der Waals surface area contributed by atoms with Crippen molar-refractivity contribution in [3.05, 3.63) is 45.3 Å². The van der Waals surface area contributed by atoms with E-state index in [2.05, 4.69) is 10.4 Å². The molecule has 9 nitrogen and oxygen atoms in total. The molecule has 0 saturated carbocycles. The van der Waals surface area contributed by atoms with Gasteiger partial charge >= 0.3 is 5.97 Å². The molecule has 0 saturated heterocycles. The van der Waals surface area contributed by atoms with Crippen LogP contribution >= 0.6 is 11.6 Å². The number of esters is 1. The molecule has 0 fully saturated rings. The van der Waals surface area contributed by atoms with Crippen molar-refractivity contribution in [1.29, 1.82) is 0 Å². The van der Waals surface area contributed by atoms with Crippen molar-refractivity contribution in [2.75, 3.05) is 26.1 Å². The summed E-state index contributed by atoms with van der Waals surface area (Å²) in [5, 5.41) is 6.54. The maximum atomic E-state index is 12.0. The van der Waals surface area contributed by atoms with E-state index in [1.807, 2.05) is 0 Å². The van der Waals surface area contributed by atoms with Crippen molar-refractivity contribution < 1.29 is 23.8 Å². The molecule has 0 atom stereocenters. The van der Waals surface area contributed by atoms with Crippen LogP contribution in [0.4, 0.5) is 5.69 Å². The van der Waals surface area contributed by atoms with Crippen LogP contribution < -0.4 is 20.3 Å². The third-order valence-electron chi connectivity index (χ3n) is 3.25. The Morgan fingerprint density at radius 2 is 1.88 bits per heavy atom. The number of hydrogen-bond donors (Lipinski definition) is 1. The van der Waals surface area contributed by atoms with Crippen LogP contribution in [-0.2, 0) is 16.6 Å². The summed E-state index contributed by atoms with van der Waals surface area (Å²) >= 11 is 6.02. The molecule has 1 amide bonds. The highest BCUT2D eigenvalue weighted by Crippen LogP contribution is 2.35. The van der Waals surface area contributed by atoms with Crippen molar-refractivity contribution in [3.63, 3.8) is 0 Å². The Morgan fingerprint density at radius 1 is 1.19 bits per heavy atom. The van der Waals surface area contributed by atoms with Gasteiger partial charge in [0.05, 0.1) is 24.9 Å². The highest BCUT2D eigenvalue weighted by Gasteiger charge is 2.15. The van der Waals surface area contributed by atoms with Crippen LogP contribution in [0.25, 0.3) is 0 Å². The minimum absolute atomic E-state index is 0.0926. The van der Waals surface area contributed by atoms with E-state index in [4.69, 9.17) is 25.8 Å². The van der Waals surface area contributed by atoms with Gasteiger partial charge in [-0.25, -0.2) is 9.48 Å². The maximum absolute atomic E-state index is 12.0. The first-order chi connectivity index (χ1) is 12.3. The minimum Gasteiger partial charge on any atom is -0.495 e. The molecular formula is C16H16ClN3O6. The fraction of sp³-hybridized carbons (Fsp3) is 0.250. The van der Waals surface area contributed by atoms with Crippen molar-refractivity contribution in [2.24, 2.45) is 7.05 Å². The number of aryl methyl sites for hydroxylation is 1. The van der Waals surface area contributed by atoms with Gasteiger partial charge < -0.3 is 19.5 Å². The maximum Gasteiger partial charge on any atom is 0.359 e. The zero-order chi connectivity index (χ0) is 19.3. The zero-order valence-corrected chi connectivity index (χ0v) is 15.0. The van der Waals surface area contributed by atoms with E-state index in [1.54, 1.807) is 0 Å². The molecule has 0 aliphatic carbocycles. The number of anilines is 1. The lowest BCUT2D eigenvalue weighted by molar-refractivity contribution is -0.119. The molecule has 0 aliphatic rings. The van der Waals surface area contributed by atoms with Crippen molar-refractivity contribution in [1.82, 2.24) is 9.78 Å². The number of rotatable bonds is 6. The number of nitrogens with one attached hydrogen (secondary N) is 1. The summed E-state index contributed by atoms with van der Waals surface area (Å²) in [6.45, 7) is -0.559. The Kier molecular flexibility index (Phi) is 6.18. The van der Waals surface area contributed by atoms with E-state index in [0.717, 1.165) is 4.68 Å². The normalized spacial score (nSPS) is 10.2. The Bertz CT molecular complexity index is 896. The summed E-state index contributed by atoms with van der Waals surface area (Å²) in [7, 11) is 4.26. The van der Waals surface area contributed by atoms with Gasteiger partial charge in [0.25, 0.3) is 11.5 Å². The number of carbonyl (C=O) groups excluding carboxylic acids is 2. The standard InChI is InChI=1S/C16H16ClN3O6/c1-20-15(22)5-4-10(19-20)16(23)26-8-14(21)18-11-6-9(17)12(24-2)7-13(11)25-3/h4-7H,8H2,1-3H3,(H,18,21). The lowest BCUT2D eigenvalue weighted by Crippen LogP contribution is -2.24. The van der Waals surface area contributed by atoms with Gasteiger partial charge in [-0.05, 0) is 12.1 Å².